The molecule has 0 N–H and O–H groups in total. The molecule has 2 aliphatic heterocycles. The molecule has 0 bridgehead atoms. The molecule has 0 saturated heterocycles. The number of carbonyl (C=O) groups is 2. The van der Waals surface area contributed by atoms with Crippen molar-refractivity contribution in [3.8, 4) is 0 Å². The van der Waals surface area contributed by atoms with E-state index in [2.05, 4.69) is 0 Å². The summed E-state index contributed by atoms with van der Waals surface area (Å²) in [6.07, 6.45) is 0.439. The van der Waals surface area contributed by atoms with E-state index in [0.29, 0.717) is 24.3 Å². The van der Waals surface area contributed by atoms with E-state index in [0.717, 1.165) is 11.6 Å². The second-order valence-corrected chi connectivity index (χ2v) is 9.18. The Kier molecular flexibility index (Phi) is 5.42. The first-order valence-electron chi connectivity index (χ1n) is 12.0. The van der Waals surface area contributed by atoms with Crippen LogP contribution in [-0.4, -0.2) is 37.0 Å². The zero-order chi connectivity index (χ0) is 25.7. The lowest BCUT2D eigenvalue weighted by molar-refractivity contribution is -0.126. The largest absolute Gasteiger partial charge is 0.450 e. The molecule has 3 aromatic carbocycles. The minimum Gasteiger partial charge on any atom is -0.450 e. The van der Waals surface area contributed by atoms with Crippen molar-refractivity contribution in [2.75, 3.05) is 25.2 Å². The molecule has 186 valence electrons. The normalized spacial score (nSPS) is 18.2. The van der Waals surface area contributed by atoms with E-state index in [4.69, 9.17) is 9.15 Å². The Balaban J connectivity index is 1.64. The van der Waals surface area contributed by atoms with Crippen LogP contribution in [0.1, 0.15) is 33.7 Å². The molecular weight excluding hydrogens is 475 g/mol. The standard InChI is InChI=1S/C29H23FN2O5/c1-36-15-7-14-32-27(34)26-24(25(33)20-16-19(30)12-13-23(20)37-26)29(32)21-10-5-6-11-22(21)31(28(29)35)17-18-8-3-2-4-9-18/h2-6,8-13,16H,7,14-15,17H2,1H3. The summed E-state index contributed by atoms with van der Waals surface area (Å²) in [7, 11) is 1.56. The van der Waals surface area contributed by atoms with Crippen LogP contribution < -0.4 is 10.3 Å². The molecule has 37 heavy (non-hydrogen) atoms. The molecule has 3 heterocycles. The maximum absolute atomic E-state index is 14.5. The summed E-state index contributed by atoms with van der Waals surface area (Å²) in [4.78, 5) is 45.4. The van der Waals surface area contributed by atoms with Crippen molar-refractivity contribution in [2.24, 2.45) is 0 Å². The quantitative estimate of drug-likeness (QED) is 0.372. The van der Waals surface area contributed by atoms with Crippen molar-refractivity contribution in [1.82, 2.24) is 4.90 Å². The van der Waals surface area contributed by atoms with Crippen LogP contribution in [0.15, 0.2) is 82.0 Å². The van der Waals surface area contributed by atoms with Gasteiger partial charge in [0.25, 0.3) is 11.8 Å². The highest BCUT2D eigenvalue weighted by Gasteiger charge is 2.64. The summed E-state index contributed by atoms with van der Waals surface area (Å²) in [5, 5.41) is -0.0172. The second kappa shape index (κ2) is 8.67. The molecule has 0 saturated carbocycles. The minimum atomic E-state index is -1.73. The fraction of sp³-hybridized carbons (Fsp3) is 0.207. The SMILES string of the molecule is COCCCN1C(=O)c2oc3ccc(F)cc3c(=O)c2C12C(=O)N(Cc1ccccc1)c1ccccc12. The highest BCUT2D eigenvalue weighted by Crippen LogP contribution is 2.52. The van der Waals surface area contributed by atoms with E-state index in [1.165, 1.54) is 17.0 Å². The molecule has 1 aromatic heterocycles. The number of methoxy groups -OCH3 is 1. The first-order chi connectivity index (χ1) is 18.0. The van der Waals surface area contributed by atoms with Crippen LogP contribution in [0.4, 0.5) is 10.1 Å². The van der Waals surface area contributed by atoms with Crippen molar-refractivity contribution in [3.05, 3.63) is 111 Å². The highest BCUT2D eigenvalue weighted by molar-refractivity contribution is 6.17. The van der Waals surface area contributed by atoms with Crippen molar-refractivity contribution in [2.45, 2.75) is 18.5 Å². The van der Waals surface area contributed by atoms with Crippen LogP contribution in [0.25, 0.3) is 11.0 Å². The number of carbonyl (C=O) groups excluding carboxylic acids is 2. The maximum Gasteiger partial charge on any atom is 0.291 e. The number of rotatable bonds is 6. The van der Waals surface area contributed by atoms with E-state index < -0.39 is 28.6 Å². The van der Waals surface area contributed by atoms with Crippen LogP contribution in [0, 0.1) is 5.82 Å². The van der Waals surface area contributed by atoms with E-state index in [-0.39, 0.29) is 35.4 Å². The Labute approximate surface area is 211 Å². The monoisotopic (exact) mass is 498 g/mol. The number of halogens is 1. The predicted octanol–water partition coefficient (Wildman–Crippen LogP) is 4.21. The molecule has 6 rings (SSSR count). The number of nitrogens with zero attached hydrogens (tertiary/aromatic N) is 2. The van der Waals surface area contributed by atoms with Crippen molar-refractivity contribution >= 4 is 28.5 Å². The molecule has 8 heteroatoms. The van der Waals surface area contributed by atoms with E-state index in [1.807, 2.05) is 42.5 Å². The fourth-order valence-corrected chi connectivity index (χ4v) is 5.55. The van der Waals surface area contributed by atoms with Crippen LogP contribution in [-0.2, 0) is 21.6 Å². The number of hydrogen-bond acceptors (Lipinski definition) is 5. The molecule has 0 radical (unpaired) electrons. The number of para-hydroxylation sites is 1. The fourth-order valence-electron chi connectivity index (χ4n) is 5.55. The molecule has 2 aliphatic rings. The lowest BCUT2D eigenvalue weighted by atomic mass is 9.84. The minimum absolute atomic E-state index is 0.0172. The highest BCUT2D eigenvalue weighted by atomic mass is 19.1. The van der Waals surface area contributed by atoms with Crippen LogP contribution in [0.5, 0.6) is 0 Å². The lowest BCUT2D eigenvalue weighted by Gasteiger charge is -2.34. The van der Waals surface area contributed by atoms with Gasteiger partial charge < -0.3 is 19.0 Å². The summed E-state index contributed by atoms with van der Waals surface area (Å²) in [6.45, 7) is 0.760. The van der Waals surface area contributed by atoms with Gasteiger partial charge in [-0.1, -0.05) is 48.5 Å². The molecule has 2 amide bonds. The smallest absolute Gasteiger partial charge is 0.291 e. The van der Waals surface area contributed by atoms with Gasteiger partial charge >= 0.3 is 0 Å². The summed E-state index contributed by atoms with van der Waals surface area (Å²) in [5.41, 5.74) is -0.287. The Morgan fingerprint density at radius 2 is 1.73 bits per heavy atom. The van der Waals surface area contributed by atoms with Gasteiger partial charge in [-0.2, -0.15) is 0 Å². The number of hydrogen-bond donors (Lipinski definition) is 0. The van der Waals surface area contributed by atoms with Gasteiger partial charge in [-0.05, 0) is 36.2 Å². The number of anilines is 1. The Hall–Kier alpha value is -4.30. The van der Waals surface area contributed by atoms with Gasteiger partial charge in [-0.25, -0.2) is 4.39 Å². The van der Waals surface area contributed by atoms with Gasteiger partial charge in [-0.15, -0.1) is 0 Å². The van der Waals surface area contributed by atoms with Crippen molar-refractivity contribution < 1.29 is 23.1 Å². The van der Waals surface area contributed by atoms with E-state index >= 15 is 0 Å². The molecule has 0 fully saturated rings. The Morgan fingerprint density at radius 1 is 0.973 bits per heavy atom. The third kappa shape index (κ3) is 3.25. The van der Waals surface area contributed by atoms with Gasteiger partial charge in [0.05, 0.1) is 23.2 Å². The third-order valence-electron chi connectivity index (χ3n) is 7.11. The lowest BCUT2D eigenvalue weighted by Crippen LogP contribution is -2.53. The van der Waals surface area contributed by atoms with Crippen LogP contribution in [0.3, 0.4) is 0 Å². The first-order valence-corrected chi connectivity index (χ1v) is 12.0. The third-order valence-corrected chi connectivity index (χ3v) is 7.11. The van der Waals surface area contributed by atoms with E-state index in [1.54, 1.807) is 24.1 Å². The van der Waals surface area contributed by atoms with Crippen molar-refractivity contribution in [1.29, 1.82) is 0 Å². The van der Waals surface area contributed by atoms with Crippen LogP contribution in [0.2, 0.25) is 0 Å². The molecule has 1 unspecified atom stereocenters. The summed E-state index contributed by atoms with van der Waals surface area (Å²) < 4.78 is 25.3. The van der Waals surface area contributed by atoms with Gasteiger partial charge in [0, 0.05) is 25.8 Å². The van der Waals surface area contributed by atoms with Gasteiger partial charge in [0.15, 0.2) is 11.0 Å². The first kappa shape index (κ1) is 23.1. The summed E-state index contributed by atoms with van der Waals surface area (Å²) in [6, 6.07) is 20.2. The van der Waals surface area contributed by atoms with Crippen molar-refractivity contribution in [3.63, 3.8) is 0 Å². The topological polar surface area (TPSA) is 80.1 Å². The second-order valence-electron chi connectivity index (χ2n) is 9.18. The molecular formula is C29H23FN2O5. The van der Waals surface area contributed by atoms with Gasteiger partial charge in [0.2, 0.25) is 5.76 Å². The predicted molar refractivity (Wildman–Crippen MR) is 135 cm³/mol. The number of benzene rings is 3. The number of amides is 2. The molecule has 1 spiro atoms. The molecule has 4 aromatic rings. The molecule has 0 aliphatic carbocycles. The maximum atomic E-state index is 14.5. The van der Waals surface area contributed by atoms with Crippen LogP contribution >= 0.6 is 0 Å². The molecule has 1 atom stereocenters. The Morgan fingerprint density at radius 3 is 2.51 bits per heavy atom. The van der Waals surface area contributed by atoms with Gasteiger partial charge in [-0.3, -0.25) is 14.4 Å². The average Bonchev–Trinajstić information content (AvgIpc) is 3.30. The number of fused-ring (bicyclic) bond motifs is 5. The zero-order valence-corrected chi connectivity index (χ0v) is 20.1. The average molecular weight is 499 g/mol. The Bertz CT molecular complexity index is 1620. The zero-order valence-electron chi connectivity index (χ0n) is 20.1. The van der Waals surface area contributed by atoms with Gasteiger partial charge in [0.1, 0.15) is 11.4 Å². The summed E-state index contributed by atoms with van der Waals surface area (Å²) in [5.74, 6) is -1.78. The molecule has 7 nitrogen and oxygen atoms in total. The summed E-state index contributed by atoms with van der Waals surface area (Å²) >= 11 is 0. The number of ether oxygens (including phenoxy) is 1. The van der Waals surface area contributed by atoms with E-state index in [9.17, 15) is 18.8 Å².